The second kappa shape index (κ2) is 9.73. The standard InChI is InChI=1S/C21H25N3O3S/c1-14-23-20(13-28-14)15-3-5-17(6-4-15)24-21(26)19-8-7-18(27-2)11-16(19)12-22-9-10-25/h3-8,11,20,22,25H,9-10,12-13H2,1-2H3,(H,24,26). The number of amides is 1. The van der Waals surface area contributed by atoms with Crippen LogP contribution in [-0.2, 0) is 6.54 Å². The summed E-state index contributed by atoms with van der Waals surface area (Å²) in [6.07, 6.45) is 0. The Bertz CT molecular complexity index is 852. The molecule has 3 N–H and O–H groups in total. The molecule has 1 heterocycles. The van der Waals surface area contributed by atoms with Crippen LogP contribution in [0, 0.1) is 0 Å². The molecule has 7 heteroatoms. The summed E-state index contributed by atoms with van der Waals surface area (Å²) < 4.78 is 5.26. The number of aliphatic hydroxyl groups is 1. The third kappa shape index (κ3) is 5.13. The van der Waals surface area contributed by atoms with Gasteiger partial charge in [0, 0.05) is 30.1 Å². The number of aliphatic imine (C=N–C) groups is 1. The predicted molar refractivity (Wildman–Crippen MR) is 114 cm³/mol. The first-order chi connectivity index (χ1) is 13.6. The van der Waals surface area contributed by atoms with Crippen LogP contribution in [0.1, 0.15) is 34.5 Å². The molecule has 0 aliphatic carbocycles. The first-order valence-electron chi connectivity index (χ1n) is 9.17. The van der Waals surface area contributed by atoms with Gasteiger partial charge in [0.25, 0.3) is 5.91 Å². The molecular weight excluding hydrogens is 374 g/mol. The average Bonchev–Trinajstić information content (AvgIpc) is 3.15. The fourth-order valence-corrected chi connectivity index (χ4v) is 3.89. The summed E-state index contributed by atoms with van der Waals surface area (Å²) in [5.41, 5.74) is 3.28. The molecule has 1 unspecified atom stereocenters. The van der Waals surface area contributed by atoms with Gasteiger partial charge in [-0.3, -0.25) is 9.79 Å². The van der Waals surface area contributed by atoms with Gasteiger partial charge in [-0.1, -0.05) is 12.1 Å². The monoisotopic (exact) mass is 399 g/mol. The number of ether oxygens (including phenoxy) is 1. The van der Waals surface area contributed by atoms with Gasteiger partial charge in [-0.05, 0) is 48.4 Å². The lowest BCUT2D eigenvalue weighted by Gasteiger charge is -2.13. The van der Waals surface area contributed by atoms with E-state index in [0.717, 1.165) is 27.6 Å². The van der Waals surface area contributed by atoms with E-state index in [1.807, 2.05) is 37.3 Å². The molecule has 0 saturated carbocycles. The maximum Gasteiger partial charge on any atom is 0.255 e. The highest BCUT2D eigenvalue weighted by Gasteiger charge is 2.17. The van der Waals surface area contributed by atoms with Crippen molar-refractivity contribution in [2.75, 3.05) is 31.3 Å². The summed E-state index contributed by atoms with van der Waals surface area (Å²) in [5.74, 6) is 1.47. The van der Waals surface area contributed by atoms with Crippen LogP contribution in [0.25, 0.3) is 0 Å². The Balaban J connectivity index is 1.71. The zero-order valence-electron chi connectivity index (χ0n) is 16.1. The van der Waals surface area contributed by atoms with E-state index in [2.05, 4.69) is 15.6 Å². The molecule has 0 aromatic heterocycles. The number of hydrogen-bond acceptors (Lipinski definition) is 6. The van der Waals surface area contributed by atoms with E-state index in [-0.39, 0.29) is 18.6 Å². The van der Waals surface area contributed by atoms with Crippen LogP contribution in [0.4, 0.5) is 5.69 Å². The van der Waals surface area contributed by atoms with E-state index in [4.69, 9.17) is 9.84 Å². The van der Waals surface area contributed by atoms with Gasteiger partial charge in [-0.15, -0.1) is 11.8 Å². The van der Waals surface area contributed by atoms with Crippen molar-refractivity contribution in [1.29, 1.82) is 0 Å². The molecule has 2 aromatic rings. The SMILES string of the molecule is COc1ccc(C(=O)Nc2ccc(C3CSC(C)=N3)cc2)c(CNCCO)c1. The van der Waals surface area contributed by atoms with E-state index in [9.17, 15) is 4.79 Å². The molecule has 0 bridgehead atoms. The van der Waals surface area contributed by atoms with Gasteiger partial charge in [0.15, 0.2) is 0 Å². The van der Waals surface area contributed by atoms with Gasteiger partial charge in [0.1, 0.15) is 5.75 Å². The van der Waals surface area contributed by atoms with Crippen LogP contribution >= 0.6 is 11.8 Å². The number of nitrogens with zero attached hydrogens (tertiary/aromatic N) is 1. The maximum absolute atomic E-state index is 12.8. The number of benzene rings is 2. The number of nitrogens with one attached hydrogen (secondary N) is 2. The van der Waals surface area contributed by atoms with Crippen LogP contribution in [-0.4, -0.2) is 42.1 Å². The van der Waals surface area contributed by atoms with Gasteiger partial charge < -0.3 is 20.5 Å². The van der Waals surface area contributed by atoms with Crippen LogP contribution < -0.4 is 15.4 Å². The van der Waals surface area contributed by atoms with Crippen molar-refractivity contribution >= 4 is 28.4 Å². The molecular formula is C21H25N3O3S. The summed E-state index contributed by atoms with van der Waals surface area (Å²) >= 11 is 1.77. The molecule has 1 amide bonds. The molecule has 0 fully saturated rings. The summed E-state index contributed by atoms with van der Waals surface area (Å²) in [5, 5.41) is 16.1. The summed E-state index contributed by atoms with van der Waals surface area (Å²) in [7, 11) is 1.59. The van der Waals surface area contributed by atoms with E-state index >= 15 is 0 Å². The molecule has 0 radical (unpaired) electrons. The Hall–Kier alpha value is -2.35. The van der Waals surface area contributed by atoms with Gasteiger partial charge >= 0.3 is 0 Å². The molecule has 1 aliphatic rings. The fraction of sp³-hybridized carbons (Fsp3) is 0.333. The lowest BCUT2D eigenvalue weighted by Crippen LogP contribution is -2.21. The number of carbonyl (C=O) groups is 1. The number of carbonyl (C=O) groups excluding carboxylic acids is 1. The minimum atomic E-state index is -0.179. The highest BCUT2D eigenvalue weighted by atomic mass is 32.2. The first-order valence-corrected chi connectivity index (χ1v) is 10.2. The van der Waals surface area contributed by atoms with E-state index in [1.54, 1.807) is 31.0 Å². The van der Waals surface area contributed by atoms with Crippen LogP contribution in [0.5, 0.6) is 5.75 Å². The summed E-state index contributed by atoms with van der Waals surface area (Å²) in [6.45, 7) is 3.00. The summed E-state index contributed by atoms with van der Waals surface area (Å²) in [4.78, 5) is 17.4. The fourth-order valence-electron chi connectivity index (χ4n) is 3.02. The molecule has 0 spiro atoms. The zero-order chi connectivity index (χ0) is 19.9. The summed E-state index contributed by atoms with van der Waals surface area (Å²) in [6, 6.07) is 13.4. The number of hydrogen-bond donors (Lipinski definition) is 3. The second-order valence-corrected chi connectivity index (χ2v) is 7.69. The van der Waals surface area contributed by atoms with Crippen LogP contribution in [0.2, 0.25) is 0 Å². The maximum atomic E-state index is 12.8. The van der Waals surface area contributed by atoms with Gasteiger partial charge in [-0.25, -0.2) is 0 Å². The van der Waals surface area contributed by atoms with Crippen LogP contribution in [0.15, 0.2) is 47.5 Å². The van der Waals surface area contributed by atoms with Crippen molar-refractivity contribution in [2.24, 2.45) is 4.99 Å². The van der Waals surface area contributed by atoms with Gasteiger partial charge in [0.05, 0.1) is 24.8 Å². The minimum absolute atomic E-state index is 0.0426. The Morgan fingerprint density at radius 3 is 2.71 bits per heavy atom. The van der Waals surface area contributed by atoms with Gasteiger partial charge in [0.2, 0.25) is 0 Å². The molecule has 28 heavy (non-hydrogen) atoms. The van der Waals surface area contributed by atoms with Crippen molar-refractivity contribution in [3.05, 3.63) is 59.2 Å². The Morgan fingerprint density at radius 1 is 1.29 bits per heavy atom. The largest absolute Gasteiger partial charge is 0.497 e. The quantitative estimate of drug-likeness (QED) is 0.594. The van der Waals surface area contributed by atoms with Crippen LogP contribution in [0.3, 0.4) is 0 Å². The number of methoxy groups -OCH3 is 1. The highest BCUT2D eigenvalue weighted by Crippen LogP contribution is 2.30. The normalized spacial score (nSPS) is 16.0. The Morgan fingerprint density at radius 2 is 2.07 bits per heavy atom. The number of rotatable bonds is 8. The molecule has 3 rings (SSSR count). The second-order valence-electron chi connectivity index (χ2n) is 6.47. The van der Waals surface area contributed by atoms with E-state index in [1.165, 1.54) is 0 Å². The Kier molecular flexibility index (Phi) is 7.08. The average molecular weight is 400 g/mol. The molecule has 1 aliphatic heterocycles. The smallest absolute Gasteiger partial charge is 0.255 e. The van der Waals surface area contributed by atoms with Gasteiger partial charge in [-0.2, -0.15) is 0 Å². The third-order valence-corrected chi connectivity index (χ3v) is 5.51. The zero-order valence-corrected chi connectivity index (χ0v) is 16.9. The lowest BCUT2D eigenvalue weighted by atomic mass is 10.1. The number of thioether (sulfide) groups is 1. The van der Waals surface area contributed by atoms with Crippen molar-refractivity contribution in [3.8, 4) is 5.75 Å². The topological polar surface area (TPSA) is 83.0 Å². The van der Waals surface area contributed by atoms with Crippen molar-refractivity contribution in [1.82, 2.24) is 5.32 Å². The lowest BCUT2D eigenvalue weighted by molar-refractivity contribution is 0.102. The Labute approximate surface area is 169 Å². The molecule has 0 saturated heterocycles. The van der Waals surface area contributed by atoms with Crippen molar-refractivity contribution in [3.63, 3.8) is 0 Å². The third-order valence-electron chi connectivity index (χ3n) is 4.50. The number of anilines is 1. The number of aliphatic hydroxyl groups excluding tert-OH is 1. The van der Waals surface area contributed by atoms with Crippen molar-refractivity contribution < 1.29 is 14.6 Å². The predicted octanol–water partition coefficient (Wildman–Crippen LogP) is 3.24. The first kappa shape index (κ1) is 20.4. The minimum Gasteiger partial charge on any atom is -0.497 e. The molecule has 6 nitrogen and oxygen atoms in total. The van der Waals surface area contributed by atoms with E-state index < -0.39 is 0 Å². The van der Waals surface area contributed by atoms with Crippen molar-refractivity contribution in [2.45, 2.75) is 19.5 Å². The molecule has 148 valence electrons. The molecule has 2 aromatic carbocycles. The highest BCUT2D eigenvalue weighted by molar-refractivity contribution is 8.14. The van der Waals surface area contributed by atoms with E-state index in [0.29, 0.717) is 24.4 Å². The molecule has 1 atom stereocenters.